The first kappa shape index (κ1) is 28.6. The van der Waals surface area contributed by atoms with Gasteiger partial charge in [-0.3, -0.25) is 4.57 Å². The van der Waals surface area contributed by atoms with Crippen LogP contribution in [-0.4, -0.2) is 9.55 Å². The minimum Gasteiger partial charge on any atom is -0.455 e. The van der Waals surface area contributed by atoms with E-state index in [2.05, 4.69) is 137 Å². The molecule has 0 aliphatic heterocycles. The molecule has 7 aromatic rings. The molecule has 0 aliphatic carbocycles. The van der Waals surface area contributed by atoms with E-state index in [1.807, 2.05) is 12.1 Å². The number of rotatable bonds is 6. The van der Waals surface area contributed by atoms with Crippen molar-refractivity contribution in [1.82, 2.24) is 9.55 Å². The normalized spacial score (nSPS) is 11.9. The molecule has 45 heavy (non-hydrogen) atoms. The van der Waals surface area contributed by atoms with Gasteiger partial charge in [-0.1, -0.05) is 96.1 Å². The first-order valence-electron chi connectivity index (χ1n) is 15.9. The average Bonchev–Trinajstić information content (AvgIpc) is 3.62. The minimum absolute atomic E-state index is 0.268. The summed E-state index contributed by atoms with van der Waals surface area (Å²) in [5.41, 5.74) is 12.3. The van der Waals surface area contributed by atoms with Gasteiger partial charge in [-0.05, 0) is 88.0 Å². The fourth-order valence-corrected chi connectivity index (χ4v) is 6.60. The van der Waals surface area contributed by atoms with E-state index in [0.29, 0.717) is 5.56 Å². The maximum Gasteiger partial charge on any atom is 0.149 e. The van der Waals surface area contributed by atoms with Crippen LogP contribution in [0.3, 0.4) is 0 Å². The minimum atomic E-state index is 0.268. The average molecular weight is 588 g/mol. The number of furan rings is 1. The van der Waals surface area contributed by atoms with Crippen molar-refractivity contribution in [3.8, 4) is 34.3 Å². The second-order valence-electron chi connectivity index (χ2n) is 12.9. The molecule has 0 bridgehead atoms. The predicted molar refractivity (Wildman–Crippen MR) is 186 cm³/mol. The SMILES string of the molecule is CC(C)c1cc(C#N)c2c(c1)oc1c(-c3nc4ccccc4n3-c3c(C(C)C)cc(-c4ccccc4)cc3C(C)C)cccc12. The highest BCUT2D eigenvalue weighted by molar-refractivity contribution is 6.12. The van der Waals surface area contributed by atoms with Gasteiger partial charge in [0.05, 0.1) is 33.9 Å². The Morgan fingerprint density at radius 3 is 2.07 bits per heavy atom. The lowest BCUT2D eigenvalue weighted by Crippen LogP contribution is -2.09. The van der Waals surface area contributed by atoms with Crippen LogP contribution < -0.4 is 0 Å². The Bertz CT molecular complexity index is 2230. The van der Waals surface area contributed by atoms with Crippen molar-refractivity contribution >= 4 is 33.0 Å². The lowest BCUT2D eigenvalue weighted by atomic mass is 9.88. The van der Waals surface area contributed by atoms with Crippen molar-refractivity contribution in [1.29, 1.82) is 5.26 Å². The maximum absolute atomic E-state index is 10.2. The van der Waals surface area contributed by atoms with Crippen LogP contribution in [0, 0.1) is 11.3 Å². The molecule has 2 heterocycles. The Morgan fingerprint density at radius 1 is 0.711 bits per heavy atom. The number of hydrogen-bond acceptors (Lipinski definition) is 3. The first-order valence-corrected chi connectivity index (χ1v) is 15.9. The summed E-state index contributed by atoms with van der Waals surface area (Å²) in [5.74, 6) is 1.65. The van der Waals surface area contributed by atoms with Crippen molar-refractivity contribution in [3.63, 3.8) is 0 Å². The van der Waals surface area contributed by atoms with Gasteiger partial charge < -0.3 is 4.42 Å². The molecule has 0 fully saturated rings. The van der Waals surface area contributed by atoms with Gasteiger partial charge in [0.25, 0.3) is 0 Å². The summed E-state index contributed by atoms with van der Waals surface area (Å²) >= 11 is 0. The summed E-state index contributed by atoms with van der Waals surface area (Å²) in [5, 5.41) is 11.9. The zero-order valence-electron chi connectivity index (χ0n) is 26.7. The van der Waals surface area contributed by atoms with Crippen LogP contribution in [-0.2, 0) is 0 Å². The quantitative estimate of drug-likeness (QED) is 0.194. The molecule has 0 amide bonds. The summed E-state index contributed by atoms with van der Waals surface area (Å²) < 4.78 is 9.03. The fraction of sp³-hybridized carbons (Fsp3) is 0.220. The molecule has 222 valence electrons. The molecule has 0 N–H and O–H groups in total. The molecular weight excluding hydrogens is 550 g/mol. The van der Waals surface area contributed by atoms with Gasteiger partial charge in [0.15, 0.2) is 0 Å². The maximum atomic E-state index is 10.2. The molecule has 0 aliphatic rings. The van der Waals surface area contributed by atoms with Gasteiger partial charge in [-0.25, -0.2) is 4.98 Å². The van der Waals surface area contributed by atoms with Gasteiger partial charge in [0.1, 0.15) is 17.0 Å². The van der Waals surface area contributed by atoms with Crippen LogP contribution in [0.1, 0.15) is 81.5 Å². The predicted octanol–water partition coefficient (Wildman–Crippen LogP) is 11.5. The molecule has 2 aromatic heterocycles. The van der Waals surface area contributed by atoms with Crippen LogP contribution in [0.15, 0.2) is 101 Å². The molecule has 7 rings (SSSR count). The molecule has 0 radical (unpaired) electrons. The number of fused-ring (bicyclic) bond motifs is 4. The molecule has 5 aromatic carbocycles. The molecule has 0 saturated carbocycles. The van der Waals surface area contributed by atoms with Crippen LogP contribution >= 0.6 is 0 Å². The van der Waals surface area contributed by atoms with Gasteiger partial charge in [-0.2, -0.15) is 5.26 Å². The van der Waals surface area contributed by atoms with Gasteiger partial charge in [0.2, 0.25) is 0 Å². The molecule has 0 atom stereocenters. The highest BCUT2D eigenvalue weighted by Gasteiger charge is 2.26. The first-order chi connectivity index (χ1) is 21.8. The third-order valence-corrected chi connectivity index (χ3v) is 8.95. The standard InChI is InChI=1S/C41H37N3O/c1-24(2)28-19-30(23-42)38-31-15-12-16-32(40(31)45-37(38)22-28)41-43-35-17-10-11-18-36(35)44(41)39-33(25(3)4)20-29(21-34(39)26(5)6)27-13-8-7-9-14-27/h7-22,24-26H,1-6H3. The number of hydrogen-bond donors (Lipinski definition) is 0. The molecule has 4 nitrogen and oxygen atoms in total. The summed E-state index contributed by atoms with van der Waals surface area (Å²) in [4.78, 5) is 5.29. The van der Waals surface area contributed by atoms with E-state index in [1.165, 1.54) is 27.9 Å². The zero-order chi connectivity index (χ0) is 31.4. The van der Waals surface area contributed by atoms with E-state index < -0.39 is 0 Å². The van der Waals surface area contributed by atoms with E-state index >= 15 is 0 Å². The smallest absolute Gasteiger partial charge is 0.149 e. The van der Waals surface area contributed by atoms with Crippen LogP contribution in [0.25, 0.3) is 61.2 Å². The highest BCUT2D eigenvalue weighted by Crippen LogP contribution is 2.43. The van der Waals surface area contributed by atoms with Crippen molar-refractivity contribution in [3.05, 3.63) is 119 Å². The van der Waals surface area contributed by atoms with E-state index in [0.717, 1.165) is 49.9 Å². The molecule has 0 spiro atoms. The lowest BCUT2D eigenvalue weighted by Gasteiger charge is -2.24. The Labute approximate surface area is 264 Å². The number of imidazole rings is 1. The van der Waals surface area contributed by atoms with Crippen molar-refractivity contribution in [2.75, 3.05) is 0 Å². The number of para-hydroxylation sites is 3. The largest absolute Gasteiger partial charge is 0.455 e. The Morgan fingerprint density at radius 2 is 1.40 bits per heavy atom. The van der Waals surface area contributed by atoms with Crippen LogP contribution in [0.4, 0.5) is 0 Å². The monoisotopic (exact) mass is 587 g/mol. The second-order valence-corrected chi connectivity index (χ2v) is 12.9. The van der Waals surface area contributed by atoms with Crippen molar-refractivity contribution in [2.24, 2.45) is 0 Å². The molecule has 4 heteroatoms. The Hall–Kier alpha value is -5.14. The Balaban J connectivity index is 1.58. The molecular formula is C41H37N3O. The fourth-order valence-electron chi connectivity index (χ4n) is 6.60. The van der Waals surface area contributed by atoms with Crippen molar-refractivity contribution in [2.45, 2.75) is 59.3 Å². The summed E-state index contributed by atoms with van der Waals surface area (Å²) in [6.45, 7) is 13.4. The zero-order valence-corrected chi connectivity index (χ0v) is 26.7. The second kappa shape index (κ2) is 11.1. The summed E-state index contributed by atoms with van der Waals surface area (Å²) in [6, 6.07) is 36.5. The highest BCUT2D eigenvalue weighted by atomic mass is 16.3. The van der Waals surface area contributed by atoms with E-state index in [-0.39, 0.29) is 17.8 Å². The number of nitriles is 1. The third-order valence-electron chi connectivity index (χ3n) is 8.95. The number of aromatic nitrogens is 2. The van der Waals surface area contributed by atoms with E-state index in [1.54, 1.807) is 0 Å². The third kappa shape index (κ3) is 4.71. The van der Waals surface area contributed by atoms with Crippen molar-refractivity contribution < 1.29 is 4.42 Å². The van der Waals surface area contributed by atoms with Gasteiger partial charge >= 0.3 is 0 Å². The lowest BCUT2D eigenvalue weighted by molar-refractivity contribution is 0.667. The number of nitrogens with zero attached hydrogens (tertiary/aromatic N) is 3. The molecule has 0 saturated heterocycles. The van der Waals surface area contributed by atoms with E-state index in [9.17, 15) is 5.26 Å². The van der Waals surface area contributed by atoms with Gasteiger partial charge in [-0.15, -0.1) is 0 Å². The van der Waals surface area contributed by atoms with Crippen LogP contribution in [0.5, 0.6) is 0 Å². The van der Waals surface area contributed by atoms with Gasteiger partial charge in [0, 0.05) is 10.8 Å². The summed E-state index contributed by atoms with van der Waals surface area (Å²) in [6.07, 6.45) is 0. The van der Waals surface area contributed by atoms with E-state index in [4.69, 9.17) is 9.40 Å². The van der Waals surface area contributed by atoms with Crippen LogP contribution in [0.2, 0.25) is 0 Å². The molecule has 0 unspecified atom stereocenters. The Kier molecular flexibility index (Phi) is 7.06. The topological polar surface area (TPSA) is 54.8 Å². The summed E-state index contributed by atoms with van der Waals surface area (Å²) in [7, 11) is 0. The number of benzene rings is 5.